The average molecular weight is 282 g/mol. The van der Waals surface area contributed by atoms with Crippen molar-refractivity contribution in [1.29, 1.82) is 5.26 Å². The summed E-state index contributed by atoms with van der Waals surface area (Å²) in [7, 11) is 1.23. The SMILES string of the molecule is N#Cc1c(S)cc(CCl)cc1S(=O)(=O)Cl. The van der Waals surface area contributed by atoms with E-state index in [1.807, 2.05) is 0 Å². The van der Waals surface area contributed by atoms with Crippen molar-refractivity contribution in [1.82, 2.24) is 0 Å². The third-order valence-corrected chi connectivity index (χ3v) is 3.68. The Kier molecular flexibility index (Phi) is 3.90. The zero-order valence-corrected chi connectivity index (χ0v) is 10.5. The summed E-state index contributed by atoms with van der Waals surface area (Å²) in [5.74, 6) is 0.124. The quantitative estimate of drug-likeness (QED) is 0.515. The molecule has 0 aromatic heterocycles. The maximum atomic E-state index is 11.2. The smallest absolute Gasteiger partial charge is 0.207 e. The van der Waals surface area contributed by atoms with Crippen molar-refractivity contribution in [2.24, 2.45) is 0 Å². The molecule has 0 atom stereocenters. The van der Waals surface area contributed by atoms with Crippen LogP contribution in [0, 0.1) is 11.3 Å². The number of rotatable bonds is 2. The van der Waals surface area contributed by atoms with Crippen LogP contribution in [-0.4, -0.2) is 8.42 Å². The van der Waals surface area contributed by atoms with E-state index < -0.39 is 9.05 Å². The van der Waals surface area contributed by atoms with Crippen LogP contribution < -0.4 is 0 Å². The molecule has 0 aliphatic carbocycles. The van der Waals surface area contributed by atoms with Gasteiger partial charge in [0.05, 0.1) is 5.56 Å². The first-order valence-corrected chi connectivity index (χ1v) is 6.96. The van der Waals surface area contributed by atoms with Crippen LogP contribution in [0.1, 0.15) is 11.1 Å². The standard InChI is InChI=1S/C8H5Cl2NO2S2/c9-3-5-1-7(14)6(4-11)8(2-5)15(10,12)13/h1-2,14H,3H2. The van der Waals surface area contributed by atoms with E-state index in [1.54, 1.807) is 6.07 Å². The summed E-state index contributed by atoms with van der Waals surface area (Å²) in [6, 6.07) is 4.54. The van der Waals surface area contributed by atoms with Gasteiger partial charge in [0, 0.05) is 21.5 Å². The molecule has 3 nitrogen and oxygen atoms in total. The first-order chi connectivity index (χ1) is 6.90. The van der Waals surface area contributed by atoms with Crippen LogP contribution in [-0.2, 0) is 14.9 Å². The van der Waals surface area contributed by atoms with E-state index in [9.17, 15) is 8.42 Å². The van der Waals surface area contributed by atoms with Crippen molar-refractivity contribution >= 4 is 44.0 Å². The topological polar surface area (TPSA) is 57.9 Å². The zero-order chi connectivity index (χ0) is 11.6. The number of hydrogen-bond donors (Lipinski definition) is 1. The van der Waals surface area contributed by atoms with Crippen LogP contribution in [0.15, 0.2) is 21.9 Å². The van der Waals surface area contributed by atoms with Gasteiger partial charge in [0.2, 0.25) is 0 Å². The number of benzene rings is 1. The molecule has 0 fully saturated rings. The van der Waals surface area contributed by atoms with Gasteiger partial charge in [0.25, 0.3) is 9.05 Å². The van der Waals surface area contributed by atoms with E-state index in [2.05, 4.69) is 12.6 Å². The Morgan fingerprint density at radius 1 is 1.47 bits per heavy atom. The van der Waals surface area contributed by atoms with Crippen molar-refractivity contribution in [3.05, 3.63) is 23.3 Å². The van der Waals surface area contributed by atoms with Gasteiger partial charge in [-0.05, 0) is 17.7 Å². The van der Waals surface area contributed by atoms with Gasteiger partial charge in [-0.3, -0.25) is 0 Å². The lowest BCUT2D eigenvalue weighted by molar-refractivity contribution is 0.609. The van der Waals surface area contributed by atoms with E-state index in [4.69, 9.17) is 27.5 Å². The second-order valence-corrected chi connectivity index (χ2v) is 5.95. The lowest BCUT2D eigenvalue weighted by atomic mass is 10.2. The molecule has 80 valence electrons. The molecule has 1 aromatic carbocycles. The molecule has 0 N–H and O–H groups in total. The van der Waals surface area contributed by atoms with Crippen LogP contribution in [0.25, 0.3) is 0 Å². The predicted molar refractivity (Wildman–Crippen MR) is 61.0 cm³/mol. The number of nitriles is 1. The van der Waals surface area contributed by atoms with Gasteiger partial charge in [0.1, 0.15) is 11.0 Å². The fourth-order valence-electron chi connectivity index (χ4n) is 1.04. The lowest BCUT2D eigenvalue weighted by Crippen LogP contribution is -1.98. The summed E-state index contributed by atoms with van der Waals surface area (Å²) < 4.78 is 22.3. The molecule has 0 unspecified atom stereocenters. The normalized spacial score (nSPS) is 11.1. The third kappa shape index (κ3) is 2.79. The molecular weight excluding hydrogens is 277 g/mol. The maximum absolute atomic E-state index is 11.2. The number of thiol groups is 1. The summed E-state index contributed by atoms with van der Waals surface area (Å²) in [6.45, 7) is 0. The molecule has 7 heteroatoms. The van der Waals surface area contributed by atoms with Crippen LogP contribution in [0.5, 0.6) is 0 Å². The first-order valence-electron chi connectivity index (χ1n) is 3.66. The second kappa shape index (κ2) is 4.62. The first kappa shape index (κ1) is 12.7. The average Bonchev–Trinajstić information content (AvgIpc) is 2.15. The Morgan fingerprint density at radius 2 is 2.07 bits per heavy atom. The fraction of sp³-hybridized carbons (Fsp3) is 0.125. The van der Waals surface area contributed by atoms with E-state index in [1.165, 1.54) is 12.1 Å². The molecule has 15 heavy (non-hydrogen) atoms. The van der Waals surface area contributed by atoms with Crippen LogP contribution >= 0.6 is 34.9 Å². The van der Waals surface area contributed by atoms with Crippen LogP contribution in [0.3, 0.4) is 0 Å². The largest absolute Gasteiger partial charge is 0.262 e. The Labute approximate surface area is 102 Å². The molecule has 0 aliphatic heterocycles. The number of nitrogens with zero attached hydrogens (tertiary/aromatic N) is 1. The minimum atomic E-state index is -3.96. The summed E-state index contributed by atoms with van der Waals surface area (Å²) in [4.78, 5) is -0.00954. The van der Waals surface area contributed by atoms with Crippen molar-refractivity contribution in [3.63, 3.8) is 0 Å². The summed E-state index contributed by atoms with van der Waals surface area (Å²) in [5.41, 5.74) is 0.474. The molecule has 1 aromatic rings. The van der Waals surface area contributed by atoms with E-state index in [0.29, 0.717) is 5.56 Å². The molecule has 0 bridgehead atoms. The minimum Gasteiger partial charge on any atom is -0.207 e. The highest BCUT2D eigenvalue weighted by Crippen LogP contribution is 2.27. The molecule has 0 saturated carbocycles. The summed E-state index contributed by atoms with van der Waals surface area (Å²) in [5, 5.41) is 8.77. The fourth-order valence-corrected chi connectivity index (χ4v) is 2.66. The van der Waals surface area contributed by atoms with Gasteiger partial charge in [-0.1, -0.05) is 0 Å². The molecule has 0 radical (unpaired) electrons. The van der Waals surface area contributed by atoms with Gasteiger partial charge < -0.3 is 0 Å². The Morgan fingerprint density at radius 3 is 2.47 bits per heavy atom. The highest BCUT2D eigenvalue weighted by Gasteiger charge is 2.18. The van der Waals surface area contributed by atoms with E-state index in [0.717, 1.165) is 0 Å². The highest BCUT2D eigenvalue weighted by atomic mass is 35.7. The lowest BCUT2D eigenvalue weighted by Gasteiger charge is -2.05. The van der Waals surface area contributed by atoms with Crippen LogP contribution in [0.4, 0.5) is 0 Å². The molecular formula is C8H5Cl2NO2S2. The Hall–Kier alpha value is -0.410. The molecule has 1 rings (SSSR count). The molecule has 0 heterocycles. The van der Waals surface area contributed by atoms with Crippen molar-refractivity contribution in [2.45, 2.75) is 15.7 Å². The van der Waals surface area contributed by atoms with Gasteiger partial charge in [-0.15, -0.1) is 24.2 Å². The van der Waals surface area contributed by atoms with Gasteiger partial charge in [-0.2, -0.15) is 5.26 Å². The Bertz CT molecular complexity index is 534. The van der Waals surface area contributed by atoms with Gasteiger partial charge in [-0.25, -0.2) is 8.42 Å². The van der Waals surface area contributed by atoms with E-state index >= 15 is 0 Å². The zero-order valence-electron chi connectivity index (χ0n) is 7.24. The highest BCUT2D eigenvalue weighted by molar-refractivity contribution is 8.13. The number of halogens is 2. The maximum Gasteiger partial charge on any atom is 0.262 e. The second-order valence-electron chi connectivity index (χ2n) is 2.67. The Balaban J connectivity index is 3.63. The van der Waals surface area contributed by atoms with Crippen molar-refractivity contribution in [3.8, 4) is 6.07 Å². The summed E-state index contributed by atoms with van der Waals surface area (Å²) in [6.07, 6.45) is 0. The number of hydrogen-bond acceptors (Lipinski definition) is 4. The minimum absolute atomic E-state index is 0.0674. The van der Waals surface area contributed by atoms with Crippen molar-refractivity contribution < 1.29 is 8.42 Å². The molecule has 0 spiro atoms. The van der Waals surface area contributed by atoms with Crippen molar-refractivity contribution in [2.75, 3.05) is 0 Å². The third-order valence-electron chi connectivity index (χ3n) is 1.67. The predicted octanol–water partition coefficient (Wildman–Crippen LogP) is 2.51. The van der Waals surface area contributed by atoms with Crippen LogP contribution in [0.2, 0.25) is 0 Å². The van der Waals surface area contributed by atoms with Gasteiger partial charge >= 0.3 is 0 Å². The monoisotopic (exact) mass is 281 g/mol. The van der Waals surface area contributed by atoms with Gasteiger partial charge in [0.15, 0.2) is 0 Å². The summed E-state index contributed by atoms with van der Waals surface area (Å²) >= 11 is 9.56. The van der Waals surface area contributed by atoms with E-state index in [-0.39, 0.29) is 21.2 Å². The molecule has 0 aliphatic rings. The molecule has 0 amide bonds. The molecule has 0 saturated heterocycles. The number of alkyl halides is 1.